The third kappa shape index (κ3) is 3.38. The van der Waals surface area contributed by atoms with Crippen LogP contribution < -0.4 is 0 Å². The Morgan fingerprint density at radius 3 is 2.15 bits per heavy atom. The summed E-state index contributed by atoms with van der Waals surface area (Å²) in [5.41, 5.74) is 0. The van der Waals surface area contributed by atoms with Gasteiger partial charge in [-0.25, -0.2) is 0 Å². The molecule has 0 aromatic heterocycles. The van der Waals surface area contributed by atoms with Crippen LogP contribution in [0.25, 0.3) is 0 Å². The van der Waals surface area contributed by atoms with Gasteiger partial charge in [-0.05, 0) is 13.8 Å². The van der Waals surface area contributed by atoms with Gasteiger partial charge in [-0.3, -0.25) is 0 Å². The van der Waals surface area contributed by atoms with E-state index in [0.29, 0.717) is 0 Å². The van der Waals surface area contributed by atoms with Crippen LogP contribution in [0.5, 0.6) is 0 Å². The van der Waals surface area contributed by atoms with Crippen LogP contribution in [0, 0.1) is 0 Å². The Hall–Kier alpha value is -0.440. The molecule has 0 aliphatic carbocycles. The lowest BCUT2D eigenvalue weighted by molar-refractivity contribution is -0.316. The maximum absolute atomic E-state index is 10.4. The SMILES string of the molecule is CC1(C)O[C@H]2[C@H](O)[C@H](CO[C@@H]3O[C@H](CO)[C@H](O)[C@H](O)[C@H]3O)O[C@@]2(CO)O1. The Labute approximate surface area is 149 Å². The minimum Gasteiger partial charge on any atom is -0.394 e. The van der Waals surface area contributed by atoms with E-state index in [1.165, 1.54) is 0 Å². The summed E-state index contributed by atoms with van der Waals surface area (Å²) in [4.78, 5) is 0. The molecule has 0 unspecified atom stereocenters. The zero-order chi connectivity index (χ0) is 19.3. The molecule has 0 bridgehead atoms. The fourth-order valence-electron chi connectivity index (χ4n) is 3.52. The van der Waals surface area contributed by atoms with Crippen LogP contribution in [-0.2, 0) is 23.7 Å². The normalized spacial score (nSPS) is 50.8. The molecule has 0 saturated carbocycles. The van der Waals surface area contributed by atoms with Crippen molar-refractivity contribution >= 4 is 0 Å². The zero-order valence-corrected chi connectivity index (χ0v) is 14.5. The van der Waals surface area contributed by atoms with Gasteiger partial charge >= 0.3 is 0 Å². The lowest BCUT2D eigenvalue weighted by Crippen LogP contribution is -2.59. The molecule has 6 N–H and O–H groups in total. The summed E-state index contributed by atoms with van der Waals surface area (Å²) in [5, 5.41) is 58.7. The fourth-order valence-corrected chi connectivity index (χ4v) is 3.52. The van der Waals surface area contributed by atoms with Crippen molar-refractivity contribution in [1.29, 1.82) is 0 Å². The van der Waals surface area contributed by atoms with Gasteiger partial charge in [-0.15, -0.1) is 0 Å². The summed E-state index contributed by atoms with van der Waals surface area (Å²) < 4.78 is 27.4. The molecule has 152 valence electrons. The van der Waals surface area contributed by atoms with Crippen LogP contribution in [-0.4, -0.2) is 111 Å². The number of aliphatic hydroxyl groups excluding tert-OH is 6. The molecule has 3 saturated heterocycles. The van der Waals surface area contributed by atoms with E-state index in [0.717, 1.165) is 0 Å². The highest BCUT2D eigenvalue weighted by Gasteiger charge is 2.64. The molecule has 0 radical (unpaired) electrons. The summed E-state index contributed by atoms with van der Waals surface area (Å²) in [6.45, 7) is 1.83. The van der Waals surface area contributed by atoms with Crippen molar-refractivity contribution in [3.8, 4) is 0 Å². The third-order valence-corrected chi connectivity index (χ3v) is 4.80. The van der Waals surface area contributed by atoms with E-state index in [4.69, 9.17) is 23.7 Å². The van der Waals surface area contributed by atoms with Crippen molar-refractivity contribution in [3.05, 3.63) is 0 Å². The van der Waals surface area contributed by atoms with E-state index >= 15 is 0 Å². The van der Waals surface area contributed by atoms with Crippen LogP contribution in [0.15, 0.2) is 0 Å². The number of ether oxygens (including phenoxy) is 5. The molecule has 3 rings (SSSR count). The summed E-state index contributed by atoms with van der Waals surface area (Å²) in [6.07, 6.45) is -10.2. The van der Waals surface area contributed by atoms with Crippen LogP contribution in [0.2, 0.25) is 0 Å². The monoisotopic (exact) mass is 382 g/mol. The maximum Gasteiger partial charge on any atom is 0.224 e. The Morgan fingerprint density at radius 1 is 0.885 bits per heavy atom. The van der Waals surface area contributed by atoms with Gasteiger partial charge in [0.2, 0.25) is 5.79 Å². The lowest BCUT2D eigenvalue weighted by Gasteiger charge is -2.40. The molecule has 0 amide bonds. The number of hydrogen-bond acceptors (Lipinski definition) is 11. The molecule has 3 aliphatic rings. The highest BCUT2D eigenvalue weighted by atomic mass is 16.9. The van der Waals surface area contributed by atoms with Crippen molar-refractivity contribution in [3.63, 3.8) is 0 Å². The molecule has 0 aromatic carbocycles. The summed E-state index contributed by atoms with van der Waals surface area (Å²) in [7, 11) is 0. The Kier molecular flexibility index (Phi) is 5.61. The van der Waals surface area contributed by atoms with Gasteiger partial charge in [-0.1, -0.05) is 0 Å². The molecule has 26 heavy (non-hydrogen) atoms. The Morgan fingerprint density at radius 2 is 1.58 bits per heavy atom. The maximum atomic E-state index is 10.4. The molecule has 11 nitrogen and oxygen atoms in total. The van der Waals surface area contributed by atoms with Crippen molar-refractivity contribution in [2.45, 2.75) is 74.4 Å². The van der Waals surface area contributed by atoms with E-state index in [9.17, 15) is 30.6 Å². The number of fused-ring (bicyclic) bond motifs is 1. The van der Waals surface area contributed by atoms with Crippen LogP contribution in [0.3, 0.4) is 0 Å². The number of hydrogen-bond donors (Lipinski definition) is 6. The van der Waals surface area contributed by atoms with Gasteiger partial charge in [0.05, 0.1) is 13.2 Å². The van der Waals surface area contributed by atoms with Crippen molar-refractivity contribution in [1.82, 2.24) is 0 Å². The average Bonchev–Trinajstić information content (AvgIpc) is 3.01. The first-order chi connectivity index (χ1) is 12.1. The highest BCUT2D eigenvalue weighted by Crippen LogP contribution is 2.45. The summed E-state index contributed by atoms with van der Waals surface area (Å²) in [5.74, 6) is -2.58. The molecule has 3 aliphatic heterocycles. The first kappa shape index (κ1) is 20.3. The molecule has 11 heteroatoms. The smallest absolute Gasteiger partial charge is 0.224 e. The molecule has 0 aromatic rings. The van der Waals surface area contributed by atoms with Gasteiger partial charge in [0, 0.05) is 0 Å². The van der Waals surface area contributed by atoms with Crippen LogP contribution >= 0.6 is 0 Å². The highest BCUT2D eigenvalue weighted by molar-refractivity contribution is 5.02. The molecular weight excluding hydrogens is 356 g/mol. The quantitative estimate of drug-likeness (QED) is 0.278. The first-order valence-electron chi connectivity index (χ1n) is 8.41. The first-order valence-corrected chi connectivity index (χ1v) is 8.41. The predicted molar refractivity (Wildman–Crippen MR) is 80.5 cm³/mol. The second-order valence-corrected chi connectivity index (χ2v) is 7.19. The molecular formula is C15H26O11. The van der Waals surface area contributed by atoms with Crippen LogP contribution in [0.1, 0.15) is 13.8 Å². The van der Waals surface area contributed by atoms with E-state index in [-0.39, 0.29) is 6.61 Å². The Balaban J connectivity index is 1.62. The molecule has 3 heterocycles. The summed E-state index contributed by atoms with van der Waals surface area (Å²) >= 11 is 0. The minimum absolute atomic E-state index is 0.282. The van der Waals surface area contributed by atoms with E-state index in [1.807, 2.05) is 0 Å². The minimum atomic E-state index is -1.57. The fraction of sp³-hybridized carbons (Fsp3) is 1.00. The lowest BCUT2D eigenvalue weighted by atomic mass is 9.99. The number of aliphatic hydroxyl groups is 6. The van der Waals surface area contributed by atoms with Gasteiger partial charge < -0.3 is 54.3 Å². The van der Waals surface area contributed by atoms with Crippen molar-refractivity contribution in [2.75, 3.05) is 19.8 Å². The van der Waals surface area contributed by atoms with Gasteiger partial charge in [0.25, 0.3) is 0 Å². The average molecular weight is 382 g/mol. The predicted octanol–water partition coefficient (Wildman–Crippen LogP) is -3.60. The van der Waals surface area contributed by atoms with Gasteiger partial charge in [-0.2, -0.15) is 0 Å². The zero-order valence-electron chi connectivity index (χ0n) is 14.5. The standard InChI is InChI=1S/C15H26O11/c1-14(2)25-12-9(19)7(24-15(12,5-17)26-14)4-22-13-11(21)10(20)8(18)6(3-16)23-13/h6-13,16-21H,3-5H2,1-2H3/t6-,7+,8+,9-,10+,11-,12+,13-,15+/m1/s1. The largest absolute Gasteiger partial charge is 0.394 e. The second-order valence-electron chi connectivity index (χ2n) is 7.19. The van der Waals surface area contributed by atoms with Crippen molar-refractivity contribution < 1.29 is 54.3 Å². The molecule has 3 fully saturated rings. The van der Waals surface area contributed by atoms with Gasteiger partial charge in [0.15, 0.2) is 12.1 Å². The number of rotatable bonds is 5. The van der Waals surface area contributed by atoms with Crippen molar-refractivity contribution in [2.24, 2.45) is 0 Å². The topological polar surface area (TPSA) is 168 Å². The van der Waals surface area contributed by atoms with E-state index in [1.54, 1.807) is 13.8 Å². The summed E-state index contributed by atoms with van der Waals surface area (Å²) in [6, 6.07) is 0. The van der Waals surface area contributed by atoms with Gasteiger partial charge in [0.1, 0.15) is 49.3 Å². The van der Waals surface area contributed by atoms with Crippen LogP contribution in [0.4, 0.5) is 0 Å². The van der Waals surface area contributed by atoms with E-state index < -0.39 is 73.8 Å². The van der Waals surface area contributed by atoms with E-state index in [2.05, 4.69) is 0 Å². The Bertz CT molecular complexity index is 500. The third-order valence-electron chi connectivity index (χ3n) is 4.80. The second kappa shape index (κ2) is 7.18. The molecule has 0 spiro atoms. The molecule has 9 atom stereocenters.